The quantitative estimate of drug-likeness (QED) is 0.768. The molecule has 0 spiro atoms. The van der Waals surface area contributed by atoms with Crippen LogP contribution in [-0.2, 0) is 6.54 Å². The third-order valence-corrected chi connectivity index (χ3v) is 2.81. The Morgan fingerprint density at radius 2 is 2.11 bits per heavy atom. The number of nitrogens with one attached hydrogen (secondary N) is 1. The minimum Gasteiger partial charge on any atom is -0.455 e. The van der Waals surface area contributed by atoms with Crippen LogP contribution >= 0.6 is 0 Å². The largest absolute Gasteiger partial charge is 0.455 e. The van der Waals surface area contributed by atoms with Crippen LogP contribution in [0.5, 0.6) is 0 Å². The molecule has 1 rings (SSSR count). The van der Waals surface area contributed by atoms with Gasteiger partial charge in [-0.15, -0.1) is 0 Å². The van der Waals surface area contributed by atoms with Gasteiger partial charge in [0.1, 0.15) is 5.76 Å². The molecule has 1 aromatic heterocycles. The molecular formula is C13H22N2O3. The Balaban J connectivity index is 2.59. The molecule has 0 aliphatic heterocycles. The van der Waals surface area contributed by atoms with Gasteiger partial charge in [0.25, 0.3) is 5.91 Å². The van der Waals surface area contributed by atoms with Crippen molar-refractivity contribution in [3.05, 3.63) is 23.7 Å². The average molecular weight is 254 g/mol. The molecule has 5 nitrogen and oxygen atoms in total. The summed E-state index contributed by atoms with van der Waals surface area (Å²) in [6, 6.07) is 3.21. The van der Waals surface area contributed by atoms with Crippen LogP contribution in [0.2, 0.25) is 0 Å². The molecule has 0 aliphatic rings. The van der Waals surface area contributed by atoms with Crippen LogP contribution < -0.4 is 5.32 Å². The minimum absolute atomic E-state index is 0.0846. The van der Waals surface area contributed by atoms with Crippen molar-refractivity contribution in [2.45, 2.75) is 33.4 Å². The summed E-state index contributed by atoms with van der Waals surface area (Å²) in [7, 11) is 0. The molecule has 0 bridgehead atoms. The van der Waals surface area contributed by atoms with Gasteiger partial charge in [-0.25, -0.2) is 0 Å². The van der Waals surface area contributed by atoms with Crippen LogP contribution in [0.15, 0.2) is 16.5 Å². The second kappa shape index (κ2) is 7.18. The maximum absolute atomic E-state index is 11.7. The van der Waals surface area contributed by atoms with Crippen LogP contribution in [-0.4, -0.2) is 41.7 Å². The second-order valence-electron chi connectivity index (χ2n) is 4.28. The third kappa shape index (κ3) is 4.16. The number of furan rings is 1. The summed E-state index contributed by atoms with van der Waals surface area (Å²) in [5.41, 5.74) is 0. The van der Waals surface area contributed by atoms with Crippen molar-refractivity contribution >= 4 is 5.91 Å². The lowest BCUT2D eigenvalue weighted by atomic mass is 10.3. The Kier molecular flexibility index (Phi) is 5.88. The Bertz CT molecular complexity index is 372. The molecular weight excluding hydrogens is 232 g/mol. The van der Waals surface area contributed by atoms with E-state index < -0.39 is 0 Å². The third-order valence-electron chi connectivity index (χ3n) is 2.81. The summed E-state index contributed by atoms with van der Waals surface area (Å²) in [6.45, 7) is 8.42. The van der Waals surface area contributed by atoms with Crippen molar-refractivity contribution in [3.8, 4) is 0 Å². The predicted octanol–water partition coefficient (Wildman–Crippen LogP) is 1.23. The van der Waals surface area contributed by atoms with E-state index in [0.29, 0.717) is 6.54 Å². The molecule has 0 radical (unpaired) electrons. The van der Waals surface area contributed by atoms with Crippen LogP contribution in [0.1, 0.15) is 37.1 Å². The fourth-order valence-corrected chi connectivity index (χ4v) is 1.59. The monoisotopic (exact) mass is 254 g/mol. The highest BCUT2D eigenvalue weighted by atomic mass is 16.4. The topological polar surface area (TPSA) is 65.7 Å². The van der Waals surface area contributed by atoms with Gasteiger partial charge in [0.05, 0.1) is 13.2 Å². The molecule has 0 aliphatic carbocycles. The number of amides is 1. The zero-order chi connectivity index (χ0) is 13.5. The number of aliphatic hydroxyl groups excluding tert-OH is 1. The first-order chi connectivity index (χ1) is 8.60. The maximum Gasteiger partial charge on any atom is 0.287 e. The number of rotatable bonds is 7. The van der Waals surface area contributed by atoms with E-state index in [1.54, 1.807) is 13.0 Å². The van der Waals surface area contributed by atoms with E-state index in [1.165, 1.54) is 0 Å². The number of nitrogens with zero attached hydrogens (tertiary/aromatic N) is 1. The number of hydrogen-bond donors (Lipinski definition) is 2. The highest BCUT2D eigenvalue weighted by Crippen LogP contribution is 2.10. The van der Waals surface area contributed by atoms with Crippen molar-refractivity contribution in [2.75, 3.05) is 19.7 Å². The number of aliphatic hydroxyl groups is 1. The molecule has 0 saturated heterocycles. The van der Waals surface area contributed by atoms with E-state index in [-0.39, 0.29) is 24.3 Å². The van der Waals surface area contributed by atoms with Gasteiger partial charge in [-0.3, -0.25) is 9.69 Å². The number of carbonyl (C=O) groups excluding carboxylic acids is 1. The van der Waals surface area contributed by atoms with E-state index in [0.717, 1.165) is 18.8 Å². The van der Waals surface area contributed by atoms with E-state index in [1.807, 2.05) is 6.07 Å². The first-order valence-corrected chi connectivity index (χ1v) is 6.33. The lowest BCUT2D eigenvalue weighted by Crippen LogP contribution is -2.34. The summed E-state index contributed by atoms with van der Waals surface area (Å²) < 4.78 is 5.49. The van der Waals surface area contributed by atoms with E-state index >= 15 is 0 Å². The molecule has 0 unspecified atom stereocenters. The standard InChI is InChI=1S/C13H22N2O3/c1-4-15(5-2)8-11-6-7-12(18-11)13(17)14-10(3)9-16/h6-7,10,16H,4-5,8-9H2,1-3H3,(H,14,17)/t10-/m0/s1. The number of carbonyl (C=O) groups is 1. The molecule has 1 aromatic rings. The van der Waals surface area contributed by atoms with Gasteiger partial charge in [-0.05, 0) is 32.1 Å². The summed E-state index contributed by atoms with van der Waals surface area (Å²) >= 11 is 0. The molecule has 0 fully saturated rings. The van der Waals surface area contributed by atoms with E-state index in [9.17, 15) is 4.79 Å². The SMILES string of the molecule is CCN(CC)Cc1ccc(C(=O)N[C@@H](C)CO)o1. The summed E-state index contributed by atoms with van der Waals surface area (Å²) in [5.74, 6) is 0.778. The first kappa shape index (κ1) is 14.7. The van der Waals surface area contributed by atoms with Crippen molar-refractivity contribution in [3.63, 3.8) is 0 Å². The van der Waals surface area contributed by atoms with E-state index in [4.69, 9.17) is 9.52 Å². The van der Waals surface area contributed by atoms with Gasteiger partial charge >= 0.3 is 0 Å². The van der Waals surface area contributed by atoms with Crippen molar-refractivity contribution in [1.29, 1.82) is 0 Å². The molecule has 102 valence electrons. The highest BCUT2D eigenvalue weighted by Gasteiger charge is 2.14. The zero-order valence-corrected chi connectivity index (χ0v) is 11.3. The lowest BCUT2D eigenvalue weighted by Gasteiger charge is -2.15. The Morgan fingerprint density at radius 3 is 2.67 bits per heavy atom. The predicted molar refractivity (Wildman–Crippen MR) is 69.3 cm³/mol. The molecule has 2 N–H and O–H groups in total. The summed E-state index contributed by atoms with van der Waals surface area (Å²) in [6.07, 6.45) is 0. The fourth-order valence-electron chi connectivity index (χ4n) is 1.59. The first-order valence-electron chi connectivity index (χ1n) is 6.33. The Labute approximate surface area is 108 Å². The van der Waals surface area contributed by atoms with Gasteiger partial charge in [0, 0.05) is 6.04 Å². The van der Waals surface area contributed by atoms with Gasteiger partial charge in [-0.2, -0.15) is 0 Å². The lowest BCUT2D eigenvalue weighted by molar-refractivity contribution is 0.0890. The number of hydrogen-bond acceptors (Lipinski definition) is 4. The molecule has 0 aromatic carbocycles. The van der Waals surface area contributed by atoms with Crippen molar-refractivity contribution < 1.29 is 14.3 Å². The molecule has 0 saturated carbocycles. The molecule has 1 heterocycles. The van der Waals surface area contributed by atoms with Crippen LogP contribution in [0.25, 0.3) is 0 Å². The molecule has 5 heteroatoms. The maximum atomic E-state index is 11.7. The molecule has 1 atom stereocenters. The van der Waals surface area contributed by atoms with Crippen LogP contribution in [0.3, 0.4) is 0 Å². The van der Waals surface area contributed by atoms with Gasteiger partial charge in [0.15, 0.2) is 5.76 Å². The summed E-state index contributed by atoms with van der Waals surface area (Å²) in [4.78, 5) is 13.9. The van der Waals surface area contributed by atoms with Crippen molar-refractivity contribution in [2.24, 2.45) is 0 Å². The Morgan fingerprint density at radius 1 is 1.44 bits per heavy atom. The molecule has 1 amide bonds. The average Bonchev–Trinajstić information content (AvgIpc) is 2.84. The van der Waals surface area contributed by atoms with Gasteiger partial charge in [-0.1, -0.05) is 13.8 Å². The second-order valence-corrected chi connectivity index (χ2v) is 4.28. The van der Waals surface area contributed by atoms with Crippen LogP contribution in [0, 0.1) is 0 Å². The molecule has 18 heavy (non-hydrogen) atoms. The zero-order valence-electron chi connectivity index (χ0n) is 11.3. The Hall–Kier alpha value is -1.33. The minimum atomic E-state index is -0.289. The van der Waals surface area contributed by atoms with Crippen LogP contribution in [0.4, 0.5) is 0 Å². The highest BCUT2D eigenvalue weighted by molar-refractivity contribution is 5.91. The van der Waals surface area contributed by atoms with Gasteiger partial charge < -0.3 is 14.8 Å². The smallest absolute Gasteiger partial charge is 0.287 e. The normalized spacial score (nSPS) is 12.7. The fraction of sp³-hybridized carbons (Fsp3) is 0.615. The van der Waals surface area contributed by atoms with E-state index in [2.05, 4.69) is 24.1 Å². The van der Waals surface area contributed by atoms with Crippen molar-refractivity contribution in [1.82, 2.24) is 10.2 Å². The summed E-state index contributed by atoms with van der Waals surface area (Å²) in [5, 5.41) is 11.5. The van der Waals surface area contributed by atoms with Gasteiger partial charge in [0.2, 0.25) is 0 Å².